The van der Waals surface area contributed by atoms with Crippen LogP contribution in [-0.2, 0) is 4.79 Å². The predicted octanol–water partition coefficient (Wildman–Crippen LogP) is 2.78. The van der Waals surface area contributed by atoms with Crippen LogP contribution in [-0.4, -0.2) is 23.7 Å². The molecule has 0 aliphatic heterocycles. The molecule has 0 aliphatic rings. The highest BCUT2D eigenvalue weighted by atomic mass is 35.5. The summed E-state index contributed by atoms with van der Waals surface area (Å²) in [7, 11) is 0. The number of para-hydroxylation sites is 1. The van der Waals surface area contributed by atoms with E-state index in [1.807, 2.05) is 0 Å². The lowest BCUT2D eigenvalue weighted by molar-refractivity contribution is -0.385. The second kappa shape index (κ2) is 7.90. The standard InChI is InChI=1S/C15H12ClN3O4/c16-12-5-3-6-13(8-12)23-10-15(20)18-17-9-11-4-1-2-7-14(11)19(21)22/h1-9H,10H2,(H,18,20)/b17-9+. The number of nitrogens with one attached hydrogen (secondary N) is 1. The predicted molar refractivity (Wildman–Crippen MR) is 85.8 cm³/mol. The van der Waals surface area contributed by atoms with Crippen molar-refractivity contribution in [1.29, 1.82) is 0 Å². The summed E-state index contributed by atoms with van der Waals surface area (Å²) in [6.45, 7) is -0.255. The summed E-state index contributed by atoms with van der Waals surface area (Å²) in [6.07, 6.45) is 1.20. The van der Waals surface area contributed by atoms with Gasteiger partial charge in [0.15, 0.2) is 6.61 Å². The highest BCUT2D eigenvalue weighted by molar-refractivity contribution is 6.30. The molecule has 0 atom stereocenters. The SMILES string of the molecule is O=C(COc1cccc(Cl)c1)N/N=C/c1ccccc1[N+](=O)[O-]. The molecule has 8 heteroatoms. The Morgan fingerprint density at radius 2 is 2.09 bits per heavy atom. The molecule has 0 aromatic heterocycles. The van der Waals surface area contributed by atoms with Gasteiger partial charge in [0, 0.05) is 11.1 Å². The summed E-state index contributed by atoms with van der Waals surface area (Å²) in [6, 6.07) is 12.7. The third kappa shape index (κ3) is 5.08. The molecule has 2 aromatic carbocycles. The van der Waals surface area contributed by atoms with Gasteiger partial charge in [-0.2, -0.15) is 5.10 Å². The van der Waals surface area contributed by atoms with Gasteiger partial charge < -0.3 is 4.74 Å². The normalized spacial score (nSPS) is 10.5. The molecule has 23 heavy (non-hydrogen) atoms. The number of hydrazone groups is 1. The lowest BCUT2D eigenvalue weighted by atomic mass is 10.2. The van der Waals surface area contributed by atoms with Crippen LogP contribution >= 0.6 is 11.6 Å². The molecule has 1 amide bonds. The van der Waals surface area contributed by atoms with E-state index in [0.717, 1.165) is 0 Å². The number of nitro groups is 1. The van der Waals surface area contributed by atoms with Gasteiger partial charge >= 0.3 is 0 Å². The molecule has 0 heterocycles. The first-order valence-electron chi connectivity index (χ1n) is 6.50. The number of hydrogen-bond donors (Lipinski definition) is 1. The molecule has 0 radical (unpaired) electrons. The quantitative estimate of drug-likeness (QED) is 0.499. The lowest BCUT2D eigenvalue weighted by Gasteiger charge is -2.04. The first kappa shape index (κ1) is 16.4. The number of rotatable bonds is 6. The van der Waals surface area contributed by atoms with Crippen LogP contribution in [0.5, 0.6) is 5.75 Å². The van der Waals surface area contributed by atoms with Crippen molar-refractivity contribution in [1.82, 2.24) is 5.43 Å². The van der Waals surface area contributed by atoms with Crippen molar-refractivity contribution in [3.05, 3.63) is 69.2 Å². The van der Waals surface area contributed by atoms with Crippen LogP contribution in [0.3, 0.4) is 0 Å². The van der Waals surface area contributed by atoms with Gasteiger partial charge in [-0.05, 0) is 24.3 Å². The lowest BCUT2D eigenvalue weighted by Crippen LogP contribution is -2.24. The molecular formula is C15H12ClN3O4. The van der Waals surface area contributed by atoms with Crippen LogP contribution in [0.2, 0.25) is 5.02 Å². The minimum Gasteiger partial charge on any atom is -0.484 e. The molecule has 0 saturated heterocycles. The molecule has 0 saturated carbocycles. The summed E-state index contributed by atoms with van der Waals surface area (Å²) in [5.74, 6) is -0.0462. The fourth-order valence-electron chi connectivity index (χ4n) is 1.67. The van der Waals surface area contributed by atoms with Crippen molar-refractivity contribution in [2.45, 2.75) is 0 Å². The molecule has 0 unspecified atom stereocenters. The maximum atomic E-state index is 11.6. The maximum absolute atomic E-state index is 11.6. The van der Waals surface area contributed by atoms with Gasteiger partial charge in [0.25, 0.3) is 11.6 Å². The summed E-state index contributed by atoms with van der Waals surface area (Å²) in [5, 5.41) is 15.0. The number of carbonyl (C=O) groups excluding carboxylic acids is 1. The van der Waals surface area contributed by atoms with Crippen molar-refractivity contribution in [2.24, 2.45) is 5.10 Å². The average molecular weight is 334 g/mol. The Balaban J connectivity index is 1.88. The zero-order valence-electron chi connectivity index (χ0n) is 11.8. The van der Waals surface area contributed by atoms with Crippen molar-refractivity contribution < 1.29 is 14.5 Å². The van der Waals surface area contributed by atoms with Crippen LogP contribution < -0.4 is 10.2 Å². The van der Waals surface area contributed by atoms with E-state index in [0.29, 0.717) is 10.8 Å². The molecule has 0 spiro atoms. The molecule has 0 aliphatic carbocycles. The molecule has 0 bridgehead atoms. The van der Waals surface area contributed by atoms with Crippen molar-refractivity contribution in [2.75, 3.05) is 6.61 Å². The fraction of sp³-hybridized carbons (Fsp3) is 0.0667. The third-order valence-electron chi connectivity index (χ3n) is 2.69. The third-order valence-corrected chi connectivity index (χ3v) is 2.93. The Bertz CT molecular complexity index is 749. The van der Waals surface area contributed by atoms with Gasteiger partial charge in [-0.15, -0.1) is 0 Å². The largest absolute Gasteiger partial charge is 0.484 e. The second-order valence-electron chi connectivity index (χ2n) is 4.36. The Hall–Kier alpha value is -2.93. The van der Waals surface area contributed by atoms with Crippen LogP contribution in [0.15, 0.2) is 53.6 Å². The monoisotopic (exact) mass is 333 g/mol. The number of amides is 1. The molecule has 118 valence electrons. The van der Waals surface area contributed by atoms with E-state index in [2.05, 4.69) is 10.5 Å². The number of halogens is 1. The number of benzene rings is 2. The molecular weight excluding hydrogens is 322 g/mol. The van der Waals surface area contributed by atoms with E-state index in [4.69, 9.17) is 16.3 Å². The van der Waals surface area contributed by atoms with E-state index < -0.39 is 10.8 Å². The summed E-state index contributed by atoms with van der Waals surface area (Å²) in [4.78, 5) is 21.9. The minimum absolute atomic E-state index is 0.0966. The van der Waals surface area contributed by atoms with Gasteiger partial charge in [-0.1, -0.05) is 29.8 Å². The Kier molecular flexibility index (Phi) is 5.65. The summed E-state index contributed by atoms with van der Waals surface area (Å²) in [5.41, 5.74) is 2.42. The van der Waals surface area contributed by atoms with Crippen molar-refractivity contribution >= 4 is 29.4 Å². The van der Waals surface area contributed by atoms with Gasteiger partial charge in [-0.25, -0.2) is 5.43 Å². The van der Waals surface area contributed by atoms with Crippen LogP contribution in [0, 0.1) is 10.1 Å². The van der Waals surface area contributed by atoms with Crippen LogP contribution in [0.25, 0.3) is 0 Å². The maximum Gasteiger partial charge on any atom is 0.278 e. The number of carbonyl (C=O) groups is 1. The minimum atomic E-state index is -0.522. The van der Waals surface area contributed by atoms with E-state index >= 15 is 0 Å². The Morgan fingerprint density at radius 1 is 1.30 bits per heavy atom. The summed E-state index contributed by atoms with van der Waals surface area (Å²) >= 11 is 5.79. The van der Waals surface area contributed by atoms with Crippen molar-refractivity contribution in [3.63, 3.8) is 0 Å². The Labute approximate surface area is 136 Å². The second-order valence-corrected chi connectivity index (χ2v) is 4.79. The molecule has 2 rings (SSSR count). The first-order valence-corrected chi connectivity index (χ1v) is 6.88. The van der Waals surface area contributed by atoms with Gasteiger partial charge in [-0.3, -0.25) is 14.9 Å². The zero-order valence-corrected chi connectivity index (χ0v) is 12.6. The van der Waals surface area contributed by atoms with Crippen LogP contribution in [0.4, 0.5) is 5.69 Å². The Morgan fingerprint density at radius 3 is 2.83 bits per heavy atom. The van der Waals surface area contributed by atoms with Crippen molar-refractivity contribution in [3.8, 4) is 5.75 Å². The number of hydrogen-bond acceptors (Lipinski definition) is 5. The fourth-order valence-corrected chi connectivity index (χ4v) is 1.85. The topological polar surface area (TPSA) is 93.8 Å². The van der Waals surface area contributed by atoms with E-state index in [1.165, 1.54) is 18.3 Å². The van der Waals surface area contributed by atoms with Gasteiger partial charge in [0.05, 0.1) is 16.7 Å². The average Bonchev–Trinajstić information content (AvgIpc) is 2.53. The molecule has 1 N–H and O–H groups in total. The zero-order chi connectivity index (χ0) is 16.7. The molecule has 7 nitrogen and oxygen atoms in total. The summed E-state index contributed by atoms with van der Waals surface area (Å²) < 4.78 is 5.23. The number of nitrogens with zero attached hydrogens (tertiary/aromatic N) is 2. The van der Waals surface area contributed by atoms with E-state index in [9.17, 15) is 14.9 Å². The van der Waals surface area contributed by atoms with E-state index in [1.54, 1.807) is 36.4 Å². The molecule has 0 fully saturated rings. The highest BCUT2D eigenvalue weighted by Crippen LogP contribution is 2.17. The highest BCUT2D eigenvalue weighted by Gasteiger charge is 2.10. The smallest absolute Gasteiger partial charge is 0.278 e. The number of nitro benzene ring substituents is 1. The first-order chi connectivity index (χ1) is 11.1. The van der Waals surface area contributed by atoms with Gasteiger partial charge in [0.1, 0.15) is 5.75 Å². The molecule has 2 aromatic rings. The van der Waals surface area contributed by atoms with Gasteiger partial charge in [0.2, 0.25) is 0 Å². The van der Waals surface area contributed by atoms with Crippen LogP contribution in [0.1, 0.15) is 5.56 Å². The van der Waals surface area contributed by atoms with E-state index in [-0.39, 0.29) is 17.9 Å². The number of ether oxygens (including phenoxy) is 1.